The molecule has 2 heteroatoms. The second-order valence-corrected chi connectivity index (χ2v) is 3.68. The molecule has 0 rings (SSSR count). The normalized spacial score (nSPS) is 12.8. The first-order chi connectivity index (χ1) is 6.18. The molecule has 0 radical (unpaired) electrons. The van der Waals surface area contributed by atoms with Gasteiger partial charge >= 0.3 is 0 Å². The van der Waals surface area contributed by atoms with Crippen LogP contribution in [0.1, 0.15) is 58.8 Å². The molecule has 13 heavy (non-hydrogen) atoms. The molecule has 0 amide bonds. The van der Waals surface area contributed by atoms with Gasteiger partial charge in [0.25, 0.3) is 0 Å². The molecule has 2 nitrogen and oxygen atoms in total. The van der Waals surface area contributed by atoms with Crippen molar-refractivity contribution in [3.8, 4) is 0 Å². The number of carbonyl (C=O) groups excluding carboxylic acids is 1. The lowest BCUT2D eigenvalue weighted by atomic mass is 10.1. The lowest BCUT2D eigenvalue weighted by Gasteiger charge is -2.05. The minimum absolute atomic E-state index is 0.103. The molecule has 0 heterocycles. The van der Waals surface area contributed by atoms with E-state index in [1.165, 1.54) is 32.6 Å². The lowest BCUT2D eigenvalue weighted by molar-refractivity contribution is -0.125. The van der Waals surface area contributed by atoms with Crippen LogP contribution in [-0.4, -0.2) is 17.0 Å². The highest BCUT2D eigenvalue weighted by Crippen LogP contribution is 2.08. The summed E-state index contributed by atoms with van der Waals surface area (Å²) in [4.78, 5) is 10.7. The van der Waals surface area contributed by atoms with Crippen molar-refractivity contribution in [1.29, 1.82) is 0 Å². The average molecular weight is 186 g/mol. The quantitative estimate of drug-likeness (QED) is 0.592. The van der Waals surface area contributed by atoms with Crippen LogP contribution in [0, 0.1) is 0 Å². The Morgan fingerprint density at radius 1 is 1.15 bits per heavy atom. The average Bonchev–Trinajstić information content (AvgIpc) is 2.10. The van der Waals surface area contributed by atoms with E-state index < -0.39 is 6.10 Å². The minimum Gasteiger partial charge on any atom is -0.385 e. The van der Waals surface area contributed by atoms with Gasteiger partial charge in [-0.05, 0) is 13.3 Å². The van der Waals surface area contributed by atoms with Crippen molar-refractivity contribution in [2.75, 3.05) is 0 Å². The largest absolute Gasteiger partial charge is 0.385 e. The molecule has 1 N–H and O–H groups in total. The third kappa shape index (κ3) is 7.97. The van der Waals surface area contributed by atoms with Gasteiger partial charge in [-0.15, -0.1) is 0 Å². The Kier molecular flexibility index (Phi) is 8.00. The molecular formula is C11H22O2. The molecule has 1 unspecified atom stereocenters. The van der Waals surface area contributed by atoms with Crippen molar-refractivity contribution >= 4 is 5.78 Å². The van der Waals surface area contributed by atoms with Crippen molar-refractivity contribution in [3.05, 3.63) is 0 Å². The van der Waals surface area contributed by atoms with E-state index in [2.05, 4.69) is 6.92 Å². The number of aliphatic hydroxyl groups is 1. The maximum atomic E-state index is 10.7. The van der Waals surface area contributed by atoms with E-state index >= 15 is 0 Å². The van der Waals surface area contributed by atoms with Gasteiger partial charge in [0.1, 0.15) is 6.10 Å². The summed E-state index contributed by atoms with van der Waals surface area (Å²) in [5.41, 5.74) is 0. The summed E-state index contributed by atoms with van der Waals surface area (Å²) in [6.45, 7) is 3.64. The lowest BCUT2D eigenvalue weighted by Crippen LogP contribution is -2.16. The van der Waals surface area contributed by atoms with E-state index in [1.807, 2.05) is 0 Å². The Balaban J connectivity index is 3.11. The fourth-order valence-electron chi connectivity index (χ4n) is 1.32. The Labute approximate surface area is 81.3 Å². The Hall–Kier alpha value is -0.370. The van der Waals surface area contributed by atoms with Gasteiger partial charge in [0.15, 0.2) is 5.78 Å². The monoisotopic (exact) mass is 186 g/mol. The van der Waals surface area contributed by atoms with Gasteiger partial charge in [0.05, 0.1) is 0 Å². The molecule has 78 valence electrons. The van der Waals surface area contributed by atoms with Gasteiger partial charge in [0.2, 0.25) is 0 Å². The van der Waals surface area contributed by atoms with Crippen LogP contribution in [0.4, 0.5) is 0 Å². The fourth-order valence-corrected chi connectivity index (χ4v) is 1.32. The maximum absolute atomic E-state index is 10.7. The number of aliphatic hydroxyl groups excluding tert-OH is 1. The predicted octanol–water partition coefficient (Wildman–Crippen LogP) is 2.69. The van der Waals surface area contributed by atoms with Gasteiger partial charge in [-0.25, -0.2) is 0 Å². The summed E-state index contributed by atoms with van der Waals surface area (Å²) in [6.07, 6.45) is 7.12. The molecule has 0 aliphatic carbocycles. The van der Waals surface area contributed by atoms with E-state index in [4.69, 9.17) is 0 Å². The molecule has 0 spiro atoms. The standard InChI is InChI=1S/C11H22O2/c1-3-4-5-6-7-8-9-11(13)10(2)12/h11,13H,3-9H2,1-2H3. The number of hydrogen-bond donors (Lipinski definition) is 1. The second kappa shape index (κ2) is 8.24. The van der Waals surface area contributed by atoms with Crippen LogP contribution in [-0.2, 0) is 4.79 Å². The predicted molar refractivity (Wildman–Crippen MR) is 54.7 cm³/mol. The van der Waals surface area contributed by atoms with Crippen molar-refractivity contribution in [2.24, 2.45) is 0 Å². The number of ketones is 1. The van der Waals surface area contributed by atoms with E-state index in [0.29, 0.717) is 6.42 Å². The first-order valence-electron chi connectivity index (χ1n) is 5.37. The zero-order valence-corrected chi connectivity index (χ0v) is 8.88. The van der Waals surface area contributed by atoms with Crippen LogP contribution in [0.15, 0.2) is 0 Å². The van der Waals surface area contributed by atoms with Crippen LogP contribution in [0.2, 0.25) is 0 Å². The number of rotatable bonds is 8. The van der Waals surface area contributed by atoms with Crippen LogP contribution < -0.4 is 0 Å². The molecule has 0 aromatic heterocycles. The molecule has 0 aromatic rings. The summed E-state index contributed by atoms with van der Waals surface area (Å²) in [7, 11) is 0. The summed E-state index contributed by atoms with van der Waals surface area (Å²) < 4.78 is 0. The Morgan fingerprint density at radius 2 is 1.69 bits per heavy atom. The van der Waals surface area contributed by atoms with Crippen molar-refractivity contribution in [3.63, 3.8) is 0 Å². The van der Waals surface area contributed by atoms with Crippen LogP contribution in [0.5, 0.6) is 0 Å². The van der Waals surface area contributed by atoms with E-state index in [9.17, 15) is 9.90 Å². The fraction of sp³-hybridized carbons (Fsp3) is 0.909. The van der Waals surface area contributed by atoms with Gasteiger partial charge in [-0.2, -0.15) is 0 Å². The molecule has 0 aromatic carbocycles. The molecule has 0 bridgehead atoms. The molecule has 0 saturated carbocycles. The smallest absolute Gasteiger partial charge is 0.158 e. The number of hydrogen-bond acceptors (Lipinski definition) is 2. The third-order valence-electron chi connectivity index (χ3n) is 2.30. The summed E-state index contributed by atoms with van der Waals surface area (Å²) in [5.74, 6) is -0.103. The first kappa shape index (κ1) is 12.6. The highest BCUT2D eigenvalue weighted by Gasteiger charge is 2.07. The highest BCUT2D eigenvalue weighted by molar-refractivity contribution is 5.79. The maximum Gasteiger partial charge on any atom is 0.158 e. The topological polar surface area (TPSA) is 37.3 Å². The molecule has 0 fully saturated rings. The summed E-state index contributed by atoms with van der Waals surface area (Å²) in [5, 5.41) is 9.18. The molecule has 1 atom stereocenters. The van der Waals surface area contributed by atoms with Crippen LogP contribution >= 0.6 is 0 Å². The van der Waals surface area contributed by atoms with E-state index in [-0.39, 0.29) is 5.78 Å². The molecular weight excluding hydrogens is 164 g/mol. The molecule has 0 aliphatic rings. The second-order valence-electron chi connectivity index (χ2n) is 3.68. The van der Waals surface area contributed by atoms with Gasteiger partial charge in [0, 0.05) is 0 Å². The van der Waals surface area contributed by atoms with Crippen LogP contribution in [0.25, 0.3) is 0 Å². The number of carbonyl (C=O) groups is 1. The minimum atomic E-state index is -0.717. The Bertz CT molecular complexity index is 132. The van der Waals surface area contributed by atoms with E-state index in [0.717, 1.165) is 12.8 Å². The molecule has 0 aliphatic heterocycles. The van der Waals surface area contributed by atoms with Crippen molar-refractivity contribution in [1.82, 2.24) is 0 Å². The number of unbranched alkanes of at least 4 members (excludes halogenated alkanes) is 5. The zero-order chi connectivity index (χ0) is 10.1. The van der Waals surface area contributed by atoms with Gasteiger partial charge in [-0.3, -0.25) is 4.79 Å². The van der Waals surface area contributed by atoms with E-state index in [1.54, 1.807) is 0 Å². The zero-order valence-electron chi connectivity index (χ0n) is 8.88. The highest BCUT2D eigenvalue weighted by atomic mass is 16.3. The van der Waals surface area contributed by atoms with Gasteiger partial charge < -0.3 is 5.11 Å². The third-order valence-corrected chi connectivity index (χ3v) is 2.30. The van der Waals surface area contributed by atoms with Gasteiger partial charge in [-0.1, -0.05) is 45.4 Å². The van der Waals surface area contributed by atoms with Crippen molar-refractivity contribution < 1.29 is 9.90 Å². The first-order valence-corrected chi connectivity index (χ1v) is 5.37. The van der Waals surface area contributed by atoms with Crippen LogP contribution in [0.3, 0.4) is 0 Å². The summed E-state index contributed by atoms with van der Waals surface area (Å²) >= 11 is 0. The number of Topliss-reactive ketones (excluding diaryl/α,β-unsaturated/α-hetero) is 1. The molecule has 0 saturated heterocycles. The Morgan fingerprint density at radius 3 is 2.23 bits per heavy atom. The SMILES string of the molecule is CCCCCCCCC(O)C(C)=O. The van der Waals surface area contributed by atoms with Crippen molar-refractivity contribution in [2.45, 2.75) is 64.9 Å². The summed E-state index contributed by atoms with van der Waals surface area (Å²) in [6, 6.07) is 0.